The minimum Gasteiger partial charge on any atom is -0.444 e. The summed E-state index contributed by atoms with van der Waals surface area (Å²) in [6, 6.07) is 2.12. The average molecular weight is 308 g/mol. The largest absolute Gasteiger partial charge is 0.444 e. The van der Waals surface area contributed by atoms with Gasteiger partial charge in [0.15, 0.2) is 5.78 Å². The minimum absolute atomic E-state index is 0.00685. The number of carbonyl (C=O) groups is 2. The lowest BCUT2D eigenvalue weighted by Gasteiger charge is -2.45. The van der Waals surface area contributed by atoms with Crippen molar-refractivity contribution in [1.82, 2.24) is 4.90 Å². The van der Waals surface area contributed by atoms with Crippen molar-refractivity contribution in [2.45, 2.75) is 60.0 Å². The molecule has 0 N–H and O–H groups in total. The second kappa shape index (κ2) is 5.91. The van der Waals surface area contributed by atoms with Gasteiger partial charge in [-0.15, -0.1) is 0 Å². The van der Waals surface area contributed by atoms with Crippen LogP contribution in [-0.2, 0) is 9.53 Å². The summed E-state index contributed by atoms with van der Waals surface area (Å²) in [5, 5.41) is 9.25. The van der Waals surface area contributed by atoms with Crippen LogP contribution >= 0.6 is 0 Å². The van der Waals surface area contributed by atoms with Gasteiger partial charge in [0, 0.05) is 19.0 Å². The lowest BCUT2D eigenvalue weighted by Crippen LogP contribution is -2.49. The Hall–Kier alpha value is -1.57. The predicted octanol–water partition coefficient (Wildman–Crippen LogP) is 3.39. The summed E-state index contributed by atoms with van der Waals surface area (Å²) in [6.07, 6.45) is 0.764. The number of hydrogen-bond donors (Lipinski definition) is 0. The van der Waals surface area contributed by atoms with Crippen LogP contribution in [0.3, 0.4) is 0 Å². The molecule has 1 fully saturated rings. The van der Waals surface area contributed by atoms with Gasteiger partial charge >= 0.3 is 6.09 Å². The van der Waals surface area contributed by atoms with Crippen LogP contribution in [0.15, 0.2) is 0 Å². The highest BCUT2D eigenvalue weighted by atomic mass is 16.6. The van der Waals surface area contributed by atoms with Crippen molar-refractivity contribution >= 4 is 11.9 Å². The molecule has 1 saturated carbocycles. The molecule has 1 aliphatic rings. The number of ketones is 1. The summed E-state index contributed by atoms with van der Waals surface area (Å²) in [7, 11) is 1.70. The maximum absolute atomic E-state index is 12.2. The van der Waals surface area contributed by atoms with E-state index in [2.05, 4.69) is 6.07 Å². The zero-order valence-electron chi connectivity index (χ0n) is 14.8. The van der Waals surface area contributed by atoms with Gasteiger partial charge in [-0.2, -0.15) is 5.26 Å². The van der Waals surface area contributed by atoms with Gasteiger partial charge in [-0.3, -0.25) is 4.79 Å². The Balaban J connectivity index is 2.85. The standard InChI is InChI=1S/C17H28N2O3/c1-15(2,3)22-14(21)19(7)11-17(6)8-12(9-18)13(20)16(4,5)10-17/h12H,8,10-11H2,1-7H3. The number of Topliss-reactive ketones (excluding diaryl/α,β-unsaturated/α-hetero) is 1. The van der Waals surface area contributed by atoms with E-state index in [0.717, 1.165) is 0 Å². The molecule has 124 valence electrons. The molecule has 1 aliphatic carbocycles. The van der Waals surface area contributed by atoms with Gasteiger partial charge in [-0.1, -0.05) is 20.8 Å². The molecular weight excluding hydrogens is 280 g/mol. The van der Waals surface area contributed by atoms with E-state index in [1.165, 1.54) is 0 Å². The normalized spacial score (nSPS) is 27.9. The van der Waals surface area contributed by atoms with Crippen LogP contribution in [0, 0.1) is 28.1 Å². The van der Waals surface area contributed by atoms with E-state index >= 15 is 0 Å². The van der Waals surface area contributed by atoms with Crippen LogP contribution in [0.1, 0.15) is 54.4 Å². The van der Waals surface area contributed by atoms with Crippen molar-refractivity contribution in [1.29, 1.82) is 5.26 Å². The minimum atomic E-state index is -0.596. The average Bonchev–Trinajstić information content (AvgIpc) is 2.30. The van der Waals surface area contributed by atoms with E-state index in [9.17, 15) is 14.9 Å². The van der Waals surface area contributed by atoms with Crippen LogP contribution in [0.5, 0.6) is 0 Å². The third-order valence-electron chi connectivity index (χ3n) is 4.03. The molecule has 2 unspecified atom stereocenters. The van der Waals surface area contributed by atoms with Crippen LogP contribution < -0.4 is 0 Å². The third-order valence-corrected chi connectivity index (χ3v) is 4.03. The van der Waals surface area contributed by atoms with Gasteiger partial charge < -0.3 is 9.64 Å². The summed E-state index contributed by atoms with van der Waals surface area (Å²) in [5.41, 5.74) is -1.35. The first-order valence-electron chi connectivity index (χ1n) is 7.68. The zero-order chi connectivity index (χ0) is 17.3. The quantitative estimate of drug-likeness (QED) is 0.784. The van der Waals surface area contributed by atoms with Crippen LogP contribution in [0.2, 0.25) is 0 Å². The number of nitrogens with zero attached hydrogens (tertiary/aromatic N) is 2. The fourth-order valence-electron chi connectivity index (χ4n) is 3.49. The lowest BCUT2D eigenvalue weighted by molar-refractivity contribution is -0.137. The number of carbonyl (C=O) groups excluding carboxylic acids is 2. The molecule has 22 heavy (non-hydrogen) atoms. The van der Waals surface area contributed by atoms with E-state index in [1.54, 1.807) is 11.9 Å². The molecule has 0 aliphatic heterocycles. The van der Waals surface area contributed by atoms with Crippen molar-refractivity contribution in [3.8, 4) is 6.07 Å². The molecule has 0 aromatic heterocycles. The summed E-state index contributed by atoms with van der Waals surface area (Å²) in [6.45, 7) is 11.7. The third kappa shape index (κ3) is 4.46. The maximum atomic E-state index is 12.2. The van der Waals surface area contributed by atoms with Gasteiger partial charge in [0.1, 0.15) is 11.5 Å². The highest BCUT2D eigenvalue weighted by Gasteiger charge is 2.48. The van der Waals surface area contributed by atoms with Crippen molar-refractivity contribution < 1.29 is 14.3 Å². The maximum Gasteiger partial charge on any atom is 0.410 e. The molecule has 1 rings (SSSR count). The van der Waals surface area contributed by atoms with Crippen molar-refractivity contribution in [2.75, 3.05) is 13.6 Å². The van der Waals surface area contributed by atoms with Gasteiger partial charge in [0.2, 0.25) is 0 Å². The Morgan fingerprint density at radius 1 is 1.41 bits per heavy atom. The highest BCUT2D eigenvalue weighted by molar-refractivity contribution is 5.89. The van der Waals surface area contributed by atoms with Crippen LogP contribution in [-0.4, -0.2) is 36.0 Å². The molecule has 1 amide bonds. The molecule has 0 aromatic rings. The molecule has 0 heterocycles. The molecule has 0 spiro atoms. The second-order valence-electron chi connectivity index (χ2n) is 8.46. The van der Waals surface area contributed by atoms with E-state index in [4.69, 9.17) is 4.74 Å². The van der Waals surface area contributed by atoms with E-state index < -0.39 is 16.9 Å². The molecule has 0 radical (unpaired) electrons. The van der Waals surface area contributed by atoms with E-state index in [1.807, 2.05) is 41.5 Å². The first-order chi connectivity index (χ1) is 9.80. The number of ether oxygens (including phenoxy) is 1. The first kappa shape index (κ1) is 18.5. The molecule has 5 nitrogen and oxygen atoms in total. The lowest BCUT2D eigenvalue weighted by atomic mass is 9.60. The number of amides is 1. The second-order valence-corrected chi connectivity index (χ2v) is 8.46. The Bertz CT molecular complexity index is 499. The van der Waals surface area contributed by atoms with Crippen LogP contribution in [0.4, 0.5) is 4.79 Å². The van der Waals surface area contributed by atoms with Crippen molar-refractivity contribution in [3.63, 3.8) is 0 Å². The molecule has 5 heteroatoms. The Kier molecular flexibility index (Phi) is 4.96. The summed E-state index contributed by atoms with van der Waals surface area (Å²) in [4.78, 5) is 25.9. The van der Waals surface area contributed by atoms with Gasteiger partial charge in [0.05, 0.1) is 6.07 Å². The molecule has 0 bridgehead atoms. The van der Waals surface area contributed by atoms with Crippen molar-refractivity contribution in [2.24, 2.45) is 16.7 Å². The van der Waals surface area contributed by atoms with E-state index in [0.29, 0.717) is 19.4 Å². The van der Waals surface area contributed by atoms with Gasteiger partial charge in [0.25, 0.3) is 0 Å². The van der Waals surface area contributed by atoms with Crippen molar-refractivity contribution in [3.05, 3.63) is 0 Å². The Morgan fingerprint density at radius 3 is 2.41 bits per heavy atom. The molecular formula is C17H28N2O3. The molecule has 0 saturated heterocycles. The van der Waals surface area contributed by atoms with Crippen LogP contribution in [0.25, 0.3) is 0 Å². The summed E-state index contributed by atoms with van der Waals surface area (Å²) < 4.78 is 5.37. The molecule has 2 atom stereocenters. The fraction of sp³-hybridized carbons (Fsp3) is 0.824. The molecule has 0 aromatic carbocycles. The topological polar surface area (TPSA) is 70.4 Å². The summed E-state index contributed by atoms with van der Waals surface area (Å²) in [5.74, 6) is -0.590. The number of nitriles is 1. The Morgan fingerprint density at radius 2 is 1.95 bits per heavy atom. The fourth-order valence-corrected chi connectivity index (χ4v) is 3.49. The highest BCUT2D eigenvalue weighted by Crippen LogP contribution is 2.46. The first-order valence-corrected chi connectivity index (χ1v) is 7.68. The Labute approximate surface area is 133 Å². The smallest absolute Gasteiger partial charge is 0.410 e. The zero-order valence-corrected chi connectivity index (χ0v) is 14.8. The van der Waals surface area contributed by atoms with E-state index in [-0.39, 0.29) is 17.3 Å². The monoisotopic (exact) mass is 308 g/mol. The predicted molar refractivity (Wildman–Crippen MR) is 84.1 cm³/mol. The van der Waals surface area contributed by atoms with Gasteiger partial charge in [-0.05, 0) is 39.0 Å². The SMILES string of the molecule is CN(CC1(C)CC(C#N)C(=O)C(C)(C)C1)C(=O)OC(C)(C)C. The van der Waals surface area contributed by atoms with Gasteiger partial charge in [-0.25, -0.2) is 4.79 Å². The number of rotatable bonds is 2. The summed E-state index contributed by atoms with van der Waals surface area (Å²) >= 11 is 0. The number of hydrogen-bond acceptors (Lipinski definition) is 4.